The first-order valence-electron chi connectivity index (χ1n) is 7.00. The number of hydrogen-bond acceptors (Lipinski definition) is 3. The number of nitrogens with zero attached hydrogens (tertiary/aromatic N) is 1. The zero-order valence-electron chi connectivity index (χ0n) is 12.7. The van der Waals surface area contributed by atoms with Crippen LogP contribution in [0.15, 0.2) is 30.5 Å². The van der Waals surface area contributed by atoms with Crippen molar-refractivity contribution in [2.75, 3.05) is 11.9 Å². The van der Waals surface area contributed by atoms with Gasteiger partial charge in [0.15, 0.2) is 0 Å². The third-order valence-electron chi connectivity index (χ3n) is 3.38. The van der Waals surface area contributed by atoms with Crippen LogP contribution in [0, 0.1) is 20.8 Å². The zero-order chi connectivity index (χ0) is 14.5. The lowest BCUT2D eigenvalue weighted by molar-refractivity contribution is 0.304. The molecule has 3 heteroatoms. The quantitative estimate of drug-likeness (QED) is 0.891. The van der Waals surface area contributed by atoms with Gasteiger partial charge in [-0.15, -0.1) is 0 Å². The highest BCUT2D eigenvalue weighted by Crippen LogP contribution is 2.25. The molecule has 0 aliphatic heterocycles. The highest BCUT2D eigenvalue weighted by atomic mass is 16.5. The van der Waals surface area contributed by atoms with E-state index < -0.39 is 0 Å². The average molecular weight is 270 g/mol. The van der Waals surface area contributed by atoms with Crippen molar-refractivity contribution in [1.82, 2.24) is 4.98 Å². The molecule has 1 aromatic carbocycles. The van der Waals surface area contributed by atoms with Crippen molar-refractivity contribution in [2.45, 2.75) is 34.3 Å². The first-order chi connectivity index (χ1) is 9.61. The van der Waals surface area contributed by atoms with Gasteiger partial charge in [0.25, 0.3) is 0 Å². The lowest BCUT2D eigenvalue weighted by atomic mass is 10.1. The van der Waals surface area contributed by atoms with Crippen LogP contribution in [0.4, 0.5) is 5.82 Å². The van der Waals surface area contributed by atoms with Crippen LogP contribution in [0.2, 0.25) is 0 Å². The molecular formula is C17H22N2O. The molecule has 0 radical (unpaired) electrons. The Labute approximate surface area is 121 Å². The minimum Gasteiger partial charge on any atom is -0.488 e. The van der Waals surface area contributed by atoms with Gasteiger partial charge in [0.05, 0.1) is 0 Å². The molecule has 0 saturated carbocycles. The summed E-state index contributed by atoms with van der Waals surface area (Å²) in [7, 11) is 0. The normalized spacial score (nSPS) is 10.4. The highest BCUT2D eigenvalue weighted by Gasteiger charge is 2.07. The predicted molar refractivity (Wildman–Crippen MR) is 83.4 cm³/mol. The summed E-state index contributed by atoms with van der Waals surface area (Å²) < 4.78 is 5.99. The fourth-order valence-corrected chi connectivity index (χ4v) is 2.19. The van der Waals surface area contributed by atoms with Gasteiger partial charge in [-0.3, -0.25) is 0 Å². The Balaban J connectivity index is 2.17. The number of rotatable bonds is 5. The Morgan fingerprint density at radius 1 is 1.20 bits per heavy atom. The van der Waals surface area contributed by atoms with Gasteiger partial charge in [0.1, 0.15) is 18.2 Å². The van der Waals surface area contributed by atoms with Crippen LogP contribution >= 0.6 is 0 Å². The number of aromatic nitrogens is 1. The first-order valence-corrected chi connectivity index (χ1v) is 7.00. The molecule has 0 aliphatic carbocycles. The molecule has 20 heavy (non-hydrogen) atoms. The van der Waals surface area contributed by atoms with E-state index in [1.165, 1.54) is 16.7 Å². The minimum atomic E-state index is 0.528. The number of pyridine rings is 1. The number of hydrogen-bond donors (Lipinski definition) is 1. The van der Waals surface area contributed by atoms with E-state index in [1.54, 1.807) is 6.20 Å². The van der Waals surface area contributed by atoms with Gasteiger partial charge in [-0.05, 0) is 56.5 Å². The molecule has 106 valence electrons. The number of aryl methyl sites for hydroxylation is 2. The van der Waals surface area contributed by atoms with Gasteiger partial charge in [-0.25, -0.2) is 4.98 Å². The van der Waals surface area contributed by atoms with Crippen molar-refractivity contribution in [1.29, 1.82) is 0 Å². The molecule has 0 unspecified atom stereocenters. The molecule has 0 fully saturated rings. The number of benzene rings is 1. The standard InChI is InChI=1S/C17H22N2O/c1-5-18-17-15(7-6-8-19-17)11-20-16-10-12(2)9-13(3)14(16)4/h6-10H,5,11H2,1-4H3,(H,18,19). The molecule has 2 aromatic rings. The minimum absolute atomic E-state index is 0.528. The van der Waals surface area contributed by atoms with Crippen LogP contribution in [0.25, 0.3) is 0 Å². The van der Waals surface area contributed by atoms with Crippen LogP contribution in [-0.2, 0) is 6.61 Å². The molecule has 0 bridgehead atoms. The SMILES string of the molecule is CCNc1ncccc1COc1cc(C)cc(C)c1C. The van der Waals surface area contributed by atoms with E-state index in [9.17, 15) is 0 Å². The first kappa shape index (κ1) is 14.4. The fraction of sp³-hybridized carbons (Fsp3) is 0.353. The molecule has 2 rings (SSSR count). The third-order valence-corrected chi connectivity index (χ3v) is 3.38. The van der Waals surface area contributed by atoms with Crippen molar-refractivity contribution in [3.8, 4) is 5.75 Å². The second kappa shape index (κ2) is 6.42. The summed E-state index contributed by atoms with van der Waals surface area (Å²) in [5.41, 5.74) is 4.76. The molecule has 0 saturated heterocycles. The Morgan fingerprint density at radius 2 is 2.00 bits per heavy atom. The summed E-state index contributed by atoms with van der Waals surface area (Å²) in [6.07, 6.45) is 1.80. The van der Waals surface area contributed by atoms with Crippen molar-refractivity contribution < 1.29 is 4.74 Å². The summed E-state index contributed by atoms with van der Waals surface area (Å²) in [5, 5.41) is 3.26. The van der Waals surface area contributed by atoms with Crippen molar-refractivity contribution in [2.24, 2.45) is 0 Å². The Kier molecular flexibility index (Phi) is 4.61. The van der Waals surface area contributed by atoms with Crippen LogP contribution in [-0.4, -0.2) is 11.5 Å². The lowest BCUT2D eigenvalue weighted by Gasteiger charge is -2.14. The van der Waals surface area contributed by atoms with Gasteiger partial charge in [0.2, 0.25) is 0 Å². The van der Waals surface area contributed by atoms with Crippen molar-refractivity contribution in [3.05, 3.63) is 52.7 Å². The molecule has 1 N–H and O–H groups in total. The lowest BCUT2D eigenvalue weighted by Crippen LogP contribution is -2.06. The molecule has 0 spiro atoms. The maximum Gasteiger partial charge on any atom is 0.132 e. The Bertz CT molecular complexity index is 594. The summed E-state index contributed by atoms with van der Waals surface area (Å²) >= 11 is 0. The number of anilines is 1. The van der Waals surface area contributed by atoms with E-state index in [1.807, 2.05) is 12.1 Å². The maximum absolute atomic E-state index is 5.99. The summed E-state index contributed by atoms with van der Waals surface area (Å²) in [6, 6.07) is 8.25. The van der Waals surface area contributed by atoms with Gasteiger partial charge in [0, 0.05) is 18.3 Å². The molecule has 0 aliphatic rings. The summed E-state index contributed by atoms with van der Waals surface area (Å²) in [5.74, 6) is 1.85. The van der Waals surface area contributed by atoms with Crippen LogP contribution in [0.3, 0.4) is 0 Å². The molecule has 0 amide bonds. The monoisotopic (exact) mass is 270 g/mol. The van der Waals surface area contributed by atoms with Crippen LogP contribution in [0.5, 0.6) is 5.75 Å². The smallest absolute Gasteiger partial charge is 0.132 e. The Morgan fingerprint density at radius 3 is 2.75 bits per heavy atom. The van der Waals surface area contributed by atoms with Crippen molar-refractivity contribution in [3.63, 3.8) is 0 Å². The van der Waals surface area contributed by atoms with Crippen LogP contribution < -0.4 is 10.1 Å². The summed E-state index contributed by atoms with van der Waals surface area (Å²) in [6.45, 7) is 9.75. The molecule has 1 heterocycles. The molecular weight excluding hydrogens is 248 g/mol. The van der Waals surface area contributed by atoms with E-state index in [2.05, 4.69) is 50.1 Å². The summed E-state index contributed by atoms with van der Waals surface area (Å²) in [4.78, 5) is 4.35. The van der Waals surface area contributed by atoms with Gasteiger partial charge in [-0.1, -0.05) is 12.1 Å². The maximum atomic E-state index is 5.99. The molecule has 3 nitrogen and oxygen atoms in total. The topological polar surface area (TPSA) is 34.2 Å². The van der Waals surface area contributed by atoms with Crippen LogP contribution in [0.1, 0.15) is 29.2 Å². The molecule has 1 aromatic heterocycles. The third kappa shape index (κ3) is 3.29. The van der Waals surface area contributed by atoms with E-state index in [4.69, 9.17) is 4.74 Å². The highest BCUT2D eigenvalue weighted by molar-refractivity contribution is 5.45. The number of nitrogens with one attached hydrogen (secondary N) is 1. The number of ether oxygens (including phenoxy) is 1. The fourth-order valence-electron chi connectivity index (χ4n) is 2.19. The van der Waals surface area contributed by atoms with Crippen molar-refractivity contribution >= 4 is 5.82 Å². The second-order valence-corrected chi connectivity index (χ2v) is 5.04. The second-order valence-electron chi connectivity index (χ2n) is 5.04. The zero-order valence-corrected chi connectivity index (χ0v) is 12.7. The Hall–Kier alpha value is -2.03. The van der Waals surface area contributed by atoms with E-state index in [0.29, 0.717) is 6.61 Å². The largest absolute Gasteiger partial charge is 0.488 e. The van der Waals surface area contributed by atoms with E-state index in [-0.39, 0.29) is 0 Å². The van der Waals surface area contributed by atoms with E-state index in [0.717, 1.165) is 23.7 Å². The predicted octanol–water partition coefficient (Wildman–Crippen LogP) is 4.02. The van der Waals surface area contributed by atoms with E-state index >= 15 is 0 Å². The van der Waals surface area contributed by atoms with Gasteiger partial charge < -0.3 is 10.1 Å². The average Bonchev–Trinajstić information content (AvgIpc) is 2.43. The van der Waals surface area contributed by atoms with Gasteiger partial charge >= 0.3 is 0 Å². The van der Waals surface area contributed by atoms with Gasteiger partial charge in [-0.2, -0.15) is 0 Å². The molecule has 0 atom stereocenters.